The highest BCUT2D eigenvalue weighted by Gasteiger charge is 2.31. The molecule has 2 fully saturated rings. The minimum absolute atomic E-state index is 0.0240. The zero-order chi connectivity index (χ0) is 28.4. The van der Waals surface area contributed by atoms with E-state index in [1.54, 1.807) is 13.3 Å². The van der Waals surface area contributed by atoms with Gasteiger partial charge >= 0.3 is 0 Å². The first-order chi connectivity index (χ1) is 19.4. The number of anilines is 2. The highest BCUT2D eigenvalue weighted by atomic mass is 19.1. The van der Waals surface area contributed by atoms with Gasteiger partial charge in [0.25, 0.3) is 0 Å². The Labute approximate surface area is 230 Å². The predicted octanol–water partition coefficient (Wildman–Crippen LogP) is 3.78. The van der Waals surface area contributed by atoms with Crippen LogP contribution in [0.5, 0.6) is 11.5 Å². The number of hydrogen-bond donors (Lipinski definition) is 1. The third-order valence-electron chi connectivity index (χ3n) is 7.36. The summed E-state index contributed by atoms with van der Waals surface area (Å²) in [6.07, 6.45) is 3.93. The van der Waals surface area contributed by atoms with Crippen molar-refractivity contribution >= 4 is 28.5 Å². The molecule has 3 atom stereocenters. The number of halogens is 2. The highest BCUT2D eigenvalue weighted by molar-refractivity contribution is 5.92. The van der Waals surface area contributed by atoms with Crippen molar-refractivity contribution in [1.29, 1.82) is 0 Å². The van der Waals surface area contributed by atoms with Crippen LogP contribution in [0.1, 0.15) is 12.8 Å². The number of benzene rings is 1. The van der Waals surface area contributed by atoms with Crippen LogP contribution in [-0.4, -0.2) is 80.5 Å². The molecule has 12 heteroatoms. The van der Waals surface area contributed by atoms with E-state index in [0.29, 0.717) is 55.4 Å². The number of fused-ring (bicyclic) bond motifs is 1. The van der Waals surface area contributed by atoms with Crippen molar-refractivity contribution in [2.75, 3.05) is 57.8 Å². The molecule has 0 bridgehead atoms. The summed E-state index contributed by atoms with van der Waals surface area (Å²) in [6.45, 7) is 5.53. The molecule has 1 unspecified atom stereocenters. The zero-order valence-corrected chi connectivity index (χ0v) is 22.6. The van der Waals surface area contributed by atoms with Gasteiger partial charge in [0.15, 0.2) is 34.7 Å². The lowest BCUT2D eigenvalue weighted by Gasteiger charge is -2.22. The summed E-state index contributed by atoms with van der Waals surface area (Å²) >= 11 is 0. The smallest absolute Gasteiger partial charge is 0.223 e. The number of aromatic nitrogens is 3. The standard InChI is InChI=1S/C28H31F2N5O5/c1-5-17(36)8-16-13-40-14-20(16)33-28-31-11-15-9-19(23-24(29)21(38-3)10-22(39-4)25(23)30)32-27(26(15)34-28)35-7-6-18(12-35)37-2/h5,9-11,16,18,20H,1,6-8,12-14H2,2-4H3,(H,31,33,34)/t16-,18?,20+/m0/s1. The van der Waals surface area contributed by atoms with Crippen LogP contribution in [0.25, 0.3) is 22.2 Å². The van der Waals surface area contributed by atoms with E-state index in [2.05, 4.69) is 16.9 Å². The molecule has 40 heavy (non-hydrogen) atoms. The van der Waals surface area contributed by atoms with Crippen LogP contribution >= 0.6 is 0 Å². The van der Waals surface area contributed by atoms with E-state index in [-0.39, 0.29) is 46.6 Å². The summed E-state index contributed by atoms with van der Waals surface area (Å²) in [5.74, 6) is -1.47. The average Bonchev–Trinajstić information content (AvgIpc) is 3.62. The van der Waals surface area contributed by atoms with Gasteiger partial charge in [0.05, 0.1) is 50.8 Å². The van der Waals surface area contributed by atoms with Crippen molar-refractivity contribution < 1.29 is 32.5 Å². The molecule has 10 nitrogen and oxygen atoms in total. The number of methoxy groups -OCH3 is 3. The van der Waals surface area contributed by atoms with Crippen LogP contribution in [0.2, 0.25) is 0 Å². The molecule has 5 rings (SSSR count). The maximum Gasteiger partial charge on any atom is 0.223 e. The molecule has 3 aromatic rings. The predicted molar refractivity (Wildman–Crippen MR) is 145 cm³/mol. The number of allylic oxidation sites excluding steroid dienone is 1. The number of ketones is 1. The fraction of sp³-hybridized carbons (Fsp3) is 0.429. The van der Waals surface area contributed by atoms with E-state index in [4.69, 9.17) is 28.9 Å². The molecule has 0 radical (unpaired) electrons. The Morgan fingerprint density at radius 2 is 1.93 bits per heavy atom. The van der Waals surface area contributed by atoms with Crippen LogP contribution in [0.4, 0.5) is 20.5 Å². The van der Waals surface area contributed by atoms with Crippen LogP contribution in [0, 0.1) is 17.6 Å². The van der Waals surface area contributed by atoms with Gasteiger partial charge < -0.3 is 29.2 Å². The number of ether oxygens (including phenoxy) is 4. The summed E-state index contributed by atoms with van der Waals surface area (Å²) in [6, 6.07) is 2.52. The summed E-state index contributed by atoms with van der Waals surface area (Å²) in [4.78, 5) is 27.8. The molecule has 2 aliphatic rings. The number of nitrogens with zero attached hydrogens (tertiary/aromatic N) is 4. The maximum absolute atomic E-state index is 15.4. The Balaban J connectivity index is 1.59. The van der Waals surface area contributed by atoms with E-state index in [0.717, 1.165) is 12.5 Å². The van der Waals surface area contributed by atoms with Gasteiger partial charge in [-0.05, 0) is 18.6 Å². The van der Waals surface area contributed by atoms with Crippen molar-refractivity contribution in [3.8, 4) is 22.8 Å². The molecule has 0 amide bonds. The van der Waals surface area contributed by atoms with Gasteiger partial charge in [0.1, 0.15) is 5.52 Å². The van der Waals surface area contributed by atoms with Crippen LogP contribution in [-0.2, 0) is 14.3 Å². The Kier molecular flexibility index (Phi) is 8.08. The second-order valence-corrected chi connectivity index (χ2v) is 9.76. The minimum atomic E-state index is -0.893. The SMILES string of the molecule is C=CC(=O)C[C@H]1COC[C@H]1Nc1ncc2cc(-c3c(F)c(OC)cc(OC)c3F)nc(N3CCC(OC)C3)c2n1. The highest BCUT2D eigenvalue weighted by Crippen LogP contribution is 2.39. The molecule has 1 aromatic carbocycles. The fourth-order valence-electron chi connectivity index (χ4n) is 5.13. The van der Waals surface area contributed by atoms with Gasteiger partial charge in [0.2, 0.25) is 5.95 Å². The van der Waals surface area contributed by atoms with Gasteiger partial charge in [-0.15, -0.1) is 0 Å². The second kappa shape index (κ2) is 11.7. The summed E-state index contributed by atoms with van der Waals surface area (Å²) in [5.41, 5.74) is 0.181. The molecule has 212 valence electrons. The topological polar surface area (TPSA) is 108 Å². The Morgan fingerprint density at radius 1 is 1.18 bits per heavy atom. The molecular formula is C28H31F2N5O5. The molecule has 2 aromatic heterocycles. The largest absolute Gasteiger partial charge is 0.494 e. The molecule has 4 heterocycles. The lowest BCUT2D eigenvalue weighted by molar-refractivity contribution is -0.115. The number of carbonyl (C=O) groups excluding carboxylic acids is 1. The van der Waals surface area contributed by atoms with Crippen molar-refractivity contribution in [3.63, 3.8) is 0 Å². The quantitative estimate of drug-likeness (QED) is 0.371. The van der Waals surface area contributed by atoms with Crippen LogP contribution < -0.4 is 19.7 Å². The first-order valence-corrected chi connectivity index (χ1v) is 12.9. The Bertz CT molecular complexity index is 1410. The first-order valence-electron chi connectivity index (χ1n) is 12.9. The number of rotatable bonds is 10. The molecule has 0 aliphatic carbocycles. The lowest BCUT2D eigenvalue weighted by Crippen LogP contribution is -2.30. The number of nitrogens with one attached hydrogen (secondary N) is 1. The zero-order valence-electron chi connectivity index (χ0n) is 22.6. The summed E-state index contributed by atoms with van der Waals surface area (Å²) in [5, 5.41) is 3.82. The van der Waals surface area contributed by atoms with Crippen molar-refractivity contribution in [2.24, 2.45) is 5.92 Å². The van der Waals surface area contributed by atoms with Gasteiger partial charge in [-0.1, -0.05) is 6.58 Å². The molecule has 0 spiro atoms. The number of carbonyl (C=O) groups is 1. The molecule has 1 N–H and O–H groups in total. The van der Waals surface area contributed by atoms with Crippen LogP contribution in [0.3, 0.4) is 0 Å². The fourth-order valence-corrected chi connectivity index (χ4v) is 5.13. The number of hydrogen-bond acceptors (Lipinski definition) is 10. The van der Waals surface area contributed by atoms with E-state index >= 15 is 8.78 Å². The maximum atomic E-state index is 15.4. The van der Waals surface area contributed by atoms with E-state index in [9.17, 15) is 4.79 Å². The average molecular weight is 556 g/mol. The normalized spacial score (nSPS) is 20.6. The molecule has 2 saturated heterocycles. The third kappa shape index (κ3) is 5.28. The Hall–Kier alpha value is -3.90. The van der Waals surface area contributed by atoms with Gasteiger partial charge in [-0.3, -0.25) is 4.79 Å². The molecule has 0 saturated carbocycles. The monoisotopic (exact) mass is 555 g/mol. The van der Waals surface area contributed by atoms with Gasteiger partial charge in [-0.2, -0.15) is 0 Å². The van der Waals surface area contributed by atoms with E-state index in [1.165, 1.54) is 26.4 Å². The third-order valence-corrected chi connectivity index (χ3v) is 7.36. The van der Waals surface area contributed by atoms with Crippen LogP contribution in [0.15, 0.2) is 31.0 Å². The van der Waals surface area contributed by atoms with E-state index in [1.807, 2.05) is 4.90 Å². The lowest BCUT2D eigenvalue weighted by atomic mass is 9.97. The van der Waals surface area contributed by atoms with Crippen molar-refractivity contribution in [1.82, 2.24) is 15.0 Å². The Morgan fingerprint density at radius 3 is 2.58 bits per heavy atom. The van der Waals surface area contributed by atoms with Gasteiger partial charge in [-0.25, -0.2) is 23.7 Å². The van der Waals surface area contributed by atoms with Crippen molar-refractivity contribution in [3.05, 3.63) is 42.6 Å². The first kappa shape index (κ1) is 27.7. The summed E-state index contributed by atoms with van der Waals surface area (Å²) in [7, 11) is 4.23. The second-order valence-electron chi connectivity index (χ2n) is 9.76. The van der Waals surface area contributed by atoms with Gasteiger partial charge in [0, 0.05) is 50.2 Å². The van der Waals surface area contributed by atoms with E-state index < -0.39 is 11.6 Å². The molecule has 2 aliphatic heterocycles. The summed E-state index contributed by atoms with van der Waals surface area (Å²) < 4.78 is 52.2. The number of pyridine rings is 1. The molecular weight excluding hydrogens is 524 g/mol. The van der Waals surface area contributed by atoms with Crippen molar-refractivity contribution in [2.45, 2.75) is 25.0 Å². The minimum Gasteiger partial charge on any atom is -0.494 e.